The van der Waals surface area contributed by atoms with Gasteiger partial charge in [0.1, 0.15) is 5.82 Å². The Morgan fingerprint density at radius 1 is 1.13 bits per heavy atom. The second-order valence-electron chi connectivity index (χ2n) is 7.92. The summed E-state index contributed by atoms with van der Waals surface area (Å²) in [6.45, 7) is 2.40. The van der Waals surface area contributed by atoms with Crippen molar-refractivity contribution >= 4 is 26.6 Å². The Bertz CT molecular complexity index is 1120. The van der Waals surface area contributed by atoms with Crippen LogP contribution in [0.5, 0.6) is 0 Å². The van der Waals surface area contributed by atoms with E-state index in [1.807, 2.05) is 12.1 Å². The maximum absolute atomic E-state index is 12.1. The molecule has 1 unspecified atom stereocenters. The Hall–Kier alpha value is -2.45. The van der Waals surface area contributed by atoms with E-state index in [1.54, 1.807) is 7.11 Å². The van der Waals surface area contributed by atoms with Crippen molar-refractivity contribution in [1.82, 2.24) is 14.8 Å². The largest absolute Gasteiger partial charge is 0.383 e. The van der Waals surface area contributed by atoms with Crippen LogP contribution in [-0.4, -0.2) is 61.5 Å². The van der Waals surface area contributed by atoms with E-state index in [-0.39, 0.29) is 5.25 Å². The molecule has 1 aliphatic rings. The zero-order chi connectivity index (χ0) is 21.1. The van der Waals surface area contributed by atoms with Crippen molar-refractivity contribution in [2.75, 3.05) is 38.0 Å². The van der Waals surface area contributed by atoms with Crippen molar-refractivity contribution < 1.29 is 13.2 Å². The van der Waals surface area contributed by atoms with Crippen molar-refractivity contribution in [2.45, 2.75) is 31.1 Å². The van der Waals surface area contributed by atoms with E-state index in [2.05, 4.69) is 50.0 Å². The van der Waals surface area contributed by atoms with Crippen LogP contribution in [0.25, 0.3) is 10.8 Å². The zero-order valence-corrected chi connectivity index (χ0v) is 18.3. The molecule has 2 aromatic carbocycles. The first-order valence-corrected chi connectivity index (χ1v) is 12.2. The molecule has 0 saturated carbocycles. The quantitative estimate of drug-likeness (QED) is 0.576. The highest BCUT2D eigenvalue weighted by Gasteiger charge is 2.30. The minimum atomic E-state index is -3.09. The van der Waals surface area contributed by atoms with Gasteiger partial charge >= 0.3 is 0 Å². The van der Waals surface area contributed by atoms with E-state index in [9.17, 15) is 8.42 Å². The minimum Gasteiger partial charge on any atom is -0.383 e. The van der Waals surface area contributed by atoms with E-state index in [1.165, 1.54) is 22.6 Å². The number of hydrogen-bond acceptors (Lipinski definition) is 6. The van der Waals surface area contributed by atoms with Gasteiger partial charge in [-0.15, -0.1) is 10.2 Å². The second kappa shape index (κ2) is 8.73. The summed E-state index contributed by atoms with van der Waals surface area (Å²) in [4.78, 5) is 2.06. The molecule has 0 bridgehead atoms. The summed E-state index contributed by atoms with van der Waals surface area (Å²) >= 11 is 0. The van der Waals surface area contributed by atoms with Gasteiger partial charge < -0.3 is 9.64 Å². The van der Waals surface area contributed by atoms with Crippen LogP contribution in [0, 0.1) is 0 Å². The van der Waals surface area contributed by atoms with E-state index < -0.39 is 9.84 Å². The average Bonchev–Trinajstić information content (AvgIpc) is 3.14. The van der Waals surface area contributed by atoms with Crippen LogP contribution in [0.2, 0.25) is 0 Å². The fourth-order valence-electron chi connectivity index (χ4n) is 4.19. The van der Waals surface area contributed by atoms with Crippen LogP contribution >= 0.6 is 0 Å². The first-order chi connectivity index (χ1) is 14.5. The Morgan fingerprint density at radius 2 is 1.93 bits per heavy atom. The molecule has 0 aliphatic carbocycles. The number of anilines is 1. The molecule has 0 spiro atoms. The molecule has 30 heavy (non-hydrogen) atoms. The maximum atomic E-state index is 12.1. The van der Waals surface area contributed by atoms with Crippen molar-refractivity contribution in [3.63, 3.8) is 0 Å². The predicted molar refractivity (Wildman–Crippen MR) is 119 cm³/mol. The highest BCUT2D eigenvalue weighted by atomic mass is 32.2. The van der Waals surface area contributed by atoms with Gasteiger partial charge in [0, 0.05) is 32.9 Å². The summed E-state index contributed by atoms with van der Waals surface area (Å²) in [5.74, 6) is 1.59. The first-order valence-electron chi connectivity index (χ1n) is 10.3. The lowest BCUT2D eigenvalue weighted by Crippen LogP contribution is -2.43. The third-order valence-corrected chi connectivity index (χ3v) is 7.42. The molecule has 8 heteroatoms. The van der Waals surface area contributed by atoms with Crippen LogP contribution in [-0.2, 0) is 27.5 Å². The lowest BCUT2D eigenvalue weighted by Gasteiger charge is -2.32. The van der Waals surface area contributed by atoms with Gasteiger partial charge in [-0.2, -0.15) is 0 Å². The third kappa shape index (κ3) is 4.34. The number of benzene rings is 2. The van der Waals surface area contributed by atoms with E-state index in [0.717, 1.165) is 24.7 Å². The van der Waals surface area contributed by atoms with Crippen LogP contribution in [0.1, 0.15) is 24.2 Å². The molecule has 0 amide bonds. The molecule has 1 atom stereocenters. The van der Waals surface area contributed by atoms with Gasteiger partial charge in [-0.25, -0.2) is 8.42 Å². The smallest absolute Gasteiger partial charge is 0.227 e. The molecule has 1 saturated heterocycles. The van der Waals surface area contributed by atoms with Gasteiger partial charge in [-0.3, -0.25) is 4.57 Å². The second-order valence-corrected chi connectivity index (χ2v) is 10.2. The number of aromatic nitrogens is 3. The van der Waals surface area contributed by atoms with Gasteiger partial charge in [-0.1, -0.05) is 42.5 Å². The summed E-state index contributed by atoms with van der Waals surface area (Å²) < 4.78 is 31.6. The highest BCUT2D eigenvalue weighted by Crippen LogP contribution is 2.25. The van der Waals surface area contributed by atoms with Gasteiger partial charge in [0.25, 0.3) is 0 Å². The molecule has 0 N–H and O–H groups in total. The molecule has 160 valence electrons. The summed E-state index contributed by atoms with van der Waals surface area (Å²) in [6.07, 6.45) is 3.50. The van der Waals surface area contributed by atoms with Crippen LogP contribution < -0.4 is 4.90 Å². The lowest BCUT2D eigenvalue weighted by atomic mass is 10.0. The number of methoxy groups -OCH3 is 1. The van der Waals surface area contributed by atoms with Crippen LogP contribution in [0.15, 0.2) is 42.5 Å². The Kier molecular flexibility index (Phi) is 6.06. The summed E-state index contributed by atoms with van der Waals surface area (Å²) in [6, 6.07) is 14.6. The predicted octanol–water partition coefficient (Wildman–Crippen LogP) is 2.68. The molecule has 7 nitrogen and oxygen atoms in total. The number of rotatable bonds is 7. The van der Waals surface area contributed by atoms with Crippen LogP contribution in [0.3, 0.4) is 0 Å². The number of fused-ring (bicyclic) bond motifs is 1. The summed E-state index contributed by atoms with van der Waals surface area (Å²) in [5, 5.41) is 11.0. The fraction of sp³-hybridized carbons (Fsp3) is 0.455. The minimum absolute atomic E-state index is 0.361. The Labute approximate surface area is 177 Å². The molecule has 1 fully saturated rings. The number of ether oxygens (including phenoxy) is 1. The summed E-state index contributed by atoms with van der Waals surface area (Å²) in [5.41, 5.74) is 1.19. The van der Waals surface area contributed by atoms with Crippen LogP contribution in [0.4, 0.5) is 5.95 Å². The van der Waals surface area contributed by atoms with Crippen molar-refractivity contribution in [1.29, 1.82) is 0 Å². The van der Waals surface area contributed by atoms with Gasteiger partial charge in [0.05, 0.1) is 18.4 Å². The maximum Gasteiger partial charge on any atom is 0.227 e. The Morgan fingerprint density at radius 3 is 2.73 bits per heavy atom. The molecule has 1 aromatic heterocycles. The monoisotopic (exact) mass is 428 g/mol. The summed E-state index contributed by atoms with van der Waals surface area (Å²) in [7, 11) is -1.41. The normalized spacial score (nSPS) is 17.5. The zero-order valence-electron chi connectivity index (χ0n) is 17.5. The molecule has 4 rings (SSSR count). The van der Waals surface area contributed by atoms with E-state index in [0.29, 0.717) is 32.5 Å². The molecule has 0 radical (unpaired) electrons. The van der Waals surface area contributed by atoms with Crippen molar-refractivity contribution in [3.8, 4) is 0 Å². The van der Waals surface area contributed by atoms with Crippen molar-refractivity contribution in [3.05, 3.63) is 53.9 Å². The highest BCUT2D eigenvalue weighted by molar-refractivity contribution is 7.91. The fourth-order valence-corrected chi connectivity index (χ4v) is 5.23. The third-order valence-electron chi connectivity index (χ3n) is 5.82. The number of piperidine rings is 1. The van der Waals surface area contributed by atoms with E-state index in [4.69, 9.17) is 4.74 Å². The standard InChI is InChI=1S/C22H28N4O3S/c1-29-14-13-26-21(15-18-9-5-8-17-7-3-4-11-20(17)18)23-24-22(26)25-12-6-10-19(16-25)30(2,27)28/h3-5,7-9,11,19H,6,10,12-16H2,1-2H3. The molecular formula is C22H28N4O3S. The molecule has 3 aromatic rings. The number of hydrogen-bond donors (Lipinski definition) is 0. The SMILES string of the molecule is COCCn1c(Cc2cccc3ccccc23)nnc1N1CCCC(S(C)(=O)=O)C1. The molecule has 2 heterocycles. The van der Waals surface area contributed by atoms with Gasteiger partial charge in [0.15, 0.2) is 9.84 Å². The van der Waals surface area contributed by atoms with Crippen molar-refractivity contribution in [2.24, 2.45) is 0 Å². The Balaban J connectivity index is 1.67. The van der Waals surface area contributed by atoms with E-state index >= 15 is 0 Å². The molecule has 1 aliphatic heterocycles. The average molecular weight is 429 g/mol. The molecular weight excluding hydrogens is 400 g/mol. The number of nitrogens with zero attached hydrogens (tertiary/aromatic N) is 4. The van der Waals surface area contributed by atoms with Gasteiger partial charge in [0.2, 0.25) is 5.95 Å². The first kappa shape index (κ1) is 20.8. The van der Waals surface area contributed by atoms with Gasteiger partial charge in [-0.05, 0) is 29.2 Å². The lowest BCUT2D eigenvalue weighted by molar-refractivity contribution is 0.186. The topological polar surface area (TPSA) is 77.3 Å². The number of sulfone groups is 1.